The summed E-state index contributed by atoms with van der Waals surface area (Å²) in [7, 11) is 0. The SMILES string of the molecule is O=C(CN1CCCC1c1cccc(Br)c1)Nc1ccccc1C(=O)NCc1ccco1. The number of carbonyl (C=O) groups excluding carboxylic acids is 2. The van der Waals surface area contributed by atoms with Crippen LogP contribution in [0, 0.1) is 0 Å². The molecule has 4 rings (SSSR count). The molecule has 0 aliphatic carbocycles. The van der Waals surface area contributed by atoms with Crippen molar-refractivity contribution >= 4 is 33.4 Å². The summed E-state index contributed by atoms with van der Waals surface area (Å²) in [5, 5.41) is 5.74. The largest absolute Gasteiger partial charge is 0.467 e. The van der Waals surface area contributed by atoms with Crippen LogP contribution in [0.1, 0.15) is 40.6 Å². The van der Waals surface area contributed by atoms with E-state index in [9.17, 15) is 9.59 Å². The Morgan fingerprint density at radius 2 is 1.97 bits per heavy atom. The molecule has 6 nitrogen and oxygen atoms in total. The molecule has 7 heteroatoms. The molecule has 1 fully saturated rings. The first-order chi connectivity index (χ1) is 15.1. The van der Waals surface area contributed by atoms with Crippen molar-refractivity contribution in [2.24, 2.45) is 0 Å². The van der Waals surface area contributed by atoms with Gasteiger partial charge in [0.25, 0.3) is 5.91 Å². The van der Waals surface area contributed by atoms with Crippen LogP contribution in [0.25, 0.3) is 0 Å². The van der Waals surface area contributed by atoms with Crippen LogP contribution in [0.15, 0.2) is 75.8 Å². The molecular weight excluding hydrogens is 458 g/mol. The van der Waals surface area contributed by atoms with Gasteiger partial charge in [-0.05, 0) is 61.3 Å². The second kappa shape index (κ2) is 9.94. The van der Waals surface area contributed by atoms with Crippen LogP contribution >= 0.6 is 15.9 Å². The fourth-order valence-corrected chi connectivity index (χ4v) is 4.36. The maximum absolute atomic E-state index is 12.8. The third-order valence-electron chi connectivity index (χ3n) is 5.39. The van der Waals surface area contributed by atoms with Gasteiger partial charge in [-0.15, -0.1) is 0 Å². The van der Waals surface area contributed by atoms with Crippen molar-refractivity contribution in [1.29, 1.82) is 0 Å². The Hall–Kier alpha value is -2.90. The van der Waals surface area contributed by atoms with Crippen molar-refractivity contribution in [2.45, 2.75) is 25.4 Å². The van der Waals surface area contributed by atoms with Gasteiger partial charge in [0.15, 0.2) is 0 Å². The van der Waals surface area contributed by atoms with Crippen LogP contribution in [0.3, 0.4) is 0 Å². The molecule has 1 saturated heterocycles. The Morgan fingerprint density at radius 3 is 2.77 bits per heavy atom. The summed E-state index contributed by atoms with van der Waals surface area (Å²) in [4.78, 5) is 27.7. The molecule has 0 bridgehead atoms. The second-order valence-corrected chi connectivity index (χ2v) is 8.45. The molecule has 0 saturated carbocycles. The summed E-state index contributed by atoms with van der Waals surface area (Å²) in [6.45, 7) is 1.44. The zero-order valence-electron chi connectivity index (χ0n) is 17.0. The zero-order valence-corrected chi connectivity index (χ0v) is 18.6. The highest BCUT2D eigenvalue weighted by atomic mass is 79.9. The Bertz CT molecular complexity index is 1050. The molecule has 1 unspecified atom stereocenters. The summed E-state index contributed by atoms with van der Waals surface area (Å²) in [5.74, 6) is 0.274. The molecular formula is C24H24BrN3O3. The standard InChI is InChI=1S/C24H24BrN3O3/c25-18-7-3-6-17(14-18)22-11-4-12-28(22)16-23(29)27-21-10-2-1-9-20(21)24(30)26-15-19-8-5-13-31-19/h1-3,5-10,13-14,22H,4,11-12,15-16H2,(H,26,30)(H,27,29). The van der Waals surface area contributed by atoms with E-state index >= 15 is 0 Å². The van der Waals surface area contributed by atoms with Gasteiger partial charge in [-0.1, -0.05) is 40.2 Å². The first kappa shape index (κ1) is 21.3. The minimum Gasteiger partial charge on any atom is -0.467 e. The molecule has 2 amide bonds. The topological polar surface area (TPSA) is 74.6 Å². The molecule has 160 valence electrons. The van der Waals surface area contributed by atoms with Gasteiger partial charge in [-0.3, -0.25) is 14.5 Å². The number of hydrogen-bond acceptors (Lipinski definition) is 4. The number of likely N-dealkylation sites (tertiary alicyclic amines) is 1. The highest BCUT2D eigenvalue weighted by Gasteiger charge is 2.28. The van der Waals surface area contributed by atoms with Crippen LogP contribution in [0.4, 0.5) is 5.69 Å². The maximum atomic E-state index is 12.8. The predicted molar refractivity (Wildman–Crippen MR) is 123 cm³/mol. The number of nitrogens with one attached hydrogen (secondary N) is 2. The first-order valence-corrected chi connectivity index (χ1v) is 11.1. The minimum absolute atomic E-state index is 0.131. The number of hydrogen-bond donors (Lipinski definition) is 2. The van der Waals surface area contributed by atoms with Crippen LogP contribution in [-0.4, -0.2) is 29.8 Å². The molecule has 3 aromatic rings. The molecule has 1 aliphatic heterocycles. The van der Waals surface area contributed by atoms with Crippen LogP contribution in [-0.2, 0) is 11.3 Å². The lowest BCUT2D eigenvalue weighted by molar-refractivity contribution is -0.117. The summed E-state index contributed by atoms with van der Waals surface area (Å²) in [5.41, 5.74) is 2.13. The lowest BCUT2D eigenvalue weighted by atomic mass is 10.0. The van der Waals surface area contributed by atoms with E-state index in [0.717, 1.165) is 23.9 Å². The number of para-hydroxylation sites is 1. The number of anilines is 1. The number of halogens is 1. The monoisotopic (exact) mass is 481 g/mol. The van der Waals surface area contributed by atoms with Crippen molar-refractivity contribution < 1.29 is 14.0 Å². The molecule has 0 spiro atoms. The van der Waals surface area contributed by atoms with Gasteiger partial charge in [-0.2, -0.15) is 0 Å². The van der Waals surface area contributed by atoms with Gasteiger partial charge >= 0.3 is 0 Å². The lowest BCUT2D eigenvalue weighted by Crippen LogP contribution is -2.33. The van der Waals surface area contributed by atoms with E-state index in [1.165, 1.54) is 5.56 Å². The molecule has 31 heavy (non-hydrogen) atoms. The number of rotatable bonds is 7. The lowest BCUT2D eigenvalue weighted by Gasteiger charge is -2.24. The number of furan rings is 1. The number of amides is 2. The third-order valence-corrected chi connectivity index (χ3v) is 5.89. The van der Waals surface area contributed by atoms with Crippen LogP contribution < -0.4 is 10.6 Å². The molecule has 2 N–H and O–H groups in total. The average Bonchev–Trinajstić information content (AvgIpc) is 3.44. The molecule has 1 aromatic heterocycles. The highest BCUT2D eigenvalue weighted by molar-refractivity contribution is 9.10. The third kappa shape index (κ3) is 5.42. The fraction of sp³-hybridized carbons (Fsp3) is 0.250. The van der Waals surface area contributed by atoms with Gasteiger partial charge in [0.2, 0.25) is 5.91 Å². The van der Waals surface area contributed by atoms with Crippen molar-refractivity contribution in [3.05, 3.63) is 88.3 Å². The summed E-state index contributed by atoms with van der Waals surface area (Å²) >= 11 is 3.53. The van der Waals surface area contributed by atoms with E-state index < -0.39 is 0 Å². The van der Waals surface area contributed by atoms with Gasteiger partial charge in [0.05, 0.1) is 30.6 Å². The second-order valence-electron chi connectivity index (χ2n) is 7.54. The Labute approximate surface area is 189 Å². The van der Waals surface area contributed by atoms with Gasteiger partial charge in [0.1, 0.15) is 5.76 Å². The highest BCUT2D eigenvalue weighted by Crippen LogP contribution is 2.32. The number of nitrogens with zero attached hydrogens (tertiary/aromatic N) is 1. The van der Waals surface area contributed by atoms with E-state index in [0.29, 0.717) is 17.0 Å². The Balaban J connectivity index is 1.40. The van der Waals surface area contributed by atoms with E-state index in [2.05, 4.69) is 43.6 Å². The van der Waals surface area contributed by atoms with Crippen molar-refractivity contribution in [3.63, 3.8) is 0 Å². The van der Waals surface area contributed by atoms with E-state index in [1.807, 2.05) is 12.1 Å². The van der Waals surface area contributed by atoms with E-state index in [1.54, 1.807) is 42.7 Å². The summed E-state index contributed by atoms with van der Waals surface area (Å²) < 4.78 is 6.29. The molecule has 2 aromatic carbocycles. The first-order valence-electron chi connectivity index (χ1n) is 10.3. The normalized spacial score (nSPS) is 16.2. The smallest absolute Gasteiger partial charge is 0.253 e. The van der Waals surface area contributed by atoms with Crippen molar-refractivity contribution in [2.75, 3.05) is 18.4 Å². The average molecular weight is 482 g/mol. The minimum atomic E-state index is -0.263. The zero-order chi connectivity index (χ0) is 21.6. The molecule has 0 radical (unpaired) electrons. The Morgan fingerprint density at radius 1 is 1.10 bits per heavy atom. The van der Waals surface area contributed by atoms with Crippen LogP contribution in [0.5, 0.6) is 0 Å². The van der Waals surface area contributed by atoms with Gasteiger partial charge < -0.3 is 15.1 Å². The van der Waals surface area contributed by atoms with Crippen LogP contribution in [0.2, 0.25) is 0 Å². The van der Waals surface area contributed by atoms with Crippen molar-refractivity contribution in [1.82, 2.24) is 10.2 Å². The molecule has 1 atom stereocenters. The fourth-order valence-electron chi connectivity index (χ4n) is 3.95. The van der Waals surface area contributed by atoms with E-state index in [4.69, 9.17) is 4.42 Å². The Kier molecular flexibility index (Phi) is 6.84. The molecule has 1 aliphatic rings. The number of carbonyl (C=O) groups is 2. The molecule has 2 heterocycles. The maximum Gasteiger partial charge on any atom is 0.253 e. The summed E-state index contributed by atoms with van der Waals surface area (Å²) in [6, 6.07) is 19.1. The summed E-state index contributed by atoms with van der Waals surface area (Å²) in [6.07, 6.45) is 3.64. The van der Waals surface area contributed by atoms with Gasteiger partial charge in [-0.25, -0.2) is 0 Å². The predicted octanol–water partition coefficient (Wildman–Crippen LogP) is 4.75. The van der Waals surface area contributed by atoms with Crippen molar-refractivity contribution in [3.8, 4) is 0 Å². The quantitative estimate of drug-likeness (QED) is 0.510. The van der Waals surface area contributed by atoms with E-state index in [-0.39, 0.29) is 30.9 Å². The van der Waals surface area contributed by atoms with Gasteiger partial charge in [0, 0.05) is 10.5 Å². The number of benzene rings is 2.